The molecule has 5 nitrogen and oxygen atoms in total. The Morgan fingerprint density at radius 1 is 1.12 bits per heavy atom. The lowest BCUT2D eigenvalue weighted by atomic mass is 10.2. The third-order valence-electron chi connectivity index (χ3n) is 3.51. The molecular formula is C18H16FN3O2S. The molecule has 0 atom stereocenters. The minimum atomic E-state index is -0.431. The van der Waals surface area contributed by atoms with Crippen LogP contribution < -0.4 is 4.90 Å². The number of nitrogens with zero attached hydrogens (tertiary/aromatic N) is 3. The lowest BCUT2D eigenvalue weighted by molar-refractivity contribution is -0.116. The molecule has 128 valence electrons. The van der Waals surface area contributed by atoms with Gasteiger partial charge in [-0.25, -0.2) is 4.39 Å². The molecule has 0 saturated heterocycles. The zero-order valence-corrected chi connectivity index (χ0v) is 14.4. The van der Waals surface area contributed by atoms with E-state index in [1.807, 2.05) is 37.3 Å². The fourth-order valence-corrected chi connectivity index (χ4v) is 2.96. The lowest BCUT2D eigenvalue weighted by Crippen LogP contribution is -2.32. The van der Waals surface area contributed by atoms with Gasteiger partial charge in [-0.2, -0.15) is 0 Å². The molecule has 7 heteroatoms. The molecule has 25 heavy (non-hydrogen) atoms. The van der Waals surface area contributed by atoms with E-state index in [1.54, 1.807) is 23.1 Å². The number of benzene rings is 2. The summed E-state index contributed by atoms with van der Waals surface area (Å²) in [6, 6.07) is 15.6. The summed E-state index contributed by atoms with van der Waals surface area (Å²) in [6.07, 6.45) is 0. The van der Waals surface area contributed by atoms with E-state index in [9.17, 15) is 9.18 Å². The second kappa shape index (κ2) is 7.94. The Bertz CT molecular complexity index is 854. The first-order valence-corrected chi connectivity index (χ1v) is 8.74. The molecule has 0 unspecified atom stereocenters. The molecule has 2 aromatic carbocycles. The number of hydrogen-bond acceptors (Lipinski definition) is 5. The highest BCUT2D eigenvalue weighted by atomic mass is 32.2. The second-order valence-electron chi connectivity index (χ2n) is 5.12. The number of hydrogen-bond donors (Lipinski definition) is 0. The highest BCUT2D eigenvalue weighted by molar-refractivity contribution is 7.99. The van der Waals surface area contributed by atoms with Gasteiger partial charge in [-0.05, 0) is 31.2 Å². The van der Waals surface area contributed by atoms with Crippen LogP contribution in [0.15, 0.2) is 64.2 Å². The molecular weight excluding hydrogens is 341 g/mol. The summed E-state index contributed by atoms with van der Waals surface area (Å²) in [4.78, 5) is 14.1. The Morgan fingerprint density at radius 2 is 1.84 bits per heavy atom. The molecule has 3 rings (SSSR count). The first-order valence-electron chi connectivity index (χ1n) is 7.75. The van der Waals surface area contributed by atoms with Crippen molar-refractivity contribution in [3.63, 3.8) is 0 Å². The predicted octanol–water partition coefficient (Wildman–Crippen LogP) is 4.02. The van der Waals surface area contributed by atoms with E-state index in [2.05, 4.69) is 10.2 Å². The van der Waals surface area contributed by atoms with E-state index < -0.39 is 5.82 Å². The Morgan fingerprint density at radius 3 is 2.56 bits per heavy atom. The maximum Gasteiger partial charge on any atom is 0.277 e. The SMILES string of the molecule is CCN(C(=O)CSc1nnc(-c2ccccc2F)o1)c1ccccc1. The highest BCUT2D eigenvalue weighted by Gasteiger charge is 2.17. The van der Waals surface area contributed by atoms with Crippen molar-refractivity contribution in [3.05, 3.63) is 60.4 Å². The summed E-state index contributed by atoms with van der Waals surface area (Å²) < 4.78 is 19.2. The van der Waals surface area contributed by atoms with Crippen LogP contribution in [0.2, 0.25) is 0 Å². The van der Waals surface area contributed by atoms with Crippen LogP contribution in [0.4, 0.5) is 10.1 Å². The molecule has 0 spiro atoms. The van der Waals surface area contributed by atoms with Gasteiger partial charge in [0.15, 0.2) is 0 Å². The molecule has 0 aliphatic carbocycles. The average molecular weight is 357 g/mol. The van der Waals surface area contributed by atoms with Gasteiger partial charge in [0.25, 0.3) is 11.1 Å². The summed E-state index contributed by atoms with van der Waals surface area (Å²) in [5, 5.41) is 7.95. The lowest BCUT2D eigenvalue weighted by Gasteiger charge is -2.20. The maximum absolute atomic E-state index is 13.7. The van der Waals surface area contributed by atoms with E-state index >= 15 is 0 Å². The van der Waals surface area contributed by atoms with Gasteiger partial charge in [-0.1, -0.05) is 42.1 Å². The number of carbonyl (C=O) groups excluding carboxylic acids is 1. The first kappa shape index (κ1) is 17.2. The van der Waals surface area contributed by atoms with Gasteiger partial charge in [0.2, 0.25) is 5.91 Å². The molecule has 1 aromatic heterocycles. The van der Waals surface area contributed by atoms with Gasteiger partial charge in [0.1, 0.15) is 5.82 Å². The molecule has 0 saturated carbocycles. The summed E-state index contributed by atoms with van der Waals surface area (Å²) in [6.45, 7) is 2.48. The Balaban J connectivity index is 1.66. The third-order valence-corrected chi connectivity index (χ3v) is 4.32. The number of anilines is 1. The van der Waals surface area contributed by atoms with Gasteiger partial charge < -0.3 is 9.32 Å². The van der Waals surface area contributed by atoms with Gasteiger partial charge in [-0.15, -0.1) is 10.2 Å². The van der Waals surface area contributed by atoms with Crippen LogP contribution in [0.25, 0.3) is 11.5 Å². The topological polar surface area (TPSA) is 59.2 Å². The van der Waals surface area contributed by atoms with Gasteiger partial charge >= 0.3 is 0 Å². The minimum Gasteiger partial charge on any atom is -0.411 e. The summed E-state index contributed by atoms with van der Waals surface area (Å²) >= 11 is 1.13. The molecule has 3 aromatic rings. The van der Waals surface area contributed by atoms with Crippen molar-refractivity contribution >= 4 is 23.4 Å². The van der Waals surface area contributed by atoms with Crippen molar-refractivity contribution in [1.29, 1.82) is 0 Å². The summed E-state index contributed by atoms with van der Waals surface area (Å²) in [5.74, 6) is -0.241. The molecule has 1 heterocycles. The quantitative estimate of drug-likeness (QED) is 0.624. The fraction of sp³-hybridized carbons (Fsp3) is 0.167. The Hall–Kier alpha value is -2.67. The molecule has 0 radical (unpaired) electrons. The summed E-state index contributed by atoms with van der Waals surface area (Å²) in [5.41, 5.74) is 1.08. The monoisotopic (exact) mass is 357 g/mol. The zero-order chi connectivity index (χ0) is 17.6. The van der Waals surface area contributed by atoms with E-state index in [0.717, 1.165) is 17.4 Å². The average Bonchev–Trinajstić information content (AvgIpc) is 3.11. The van der Waals surface area contributed by atoms with Crippen molar-refractivity contribution in [2.24, 2.45) is 0 Å². The molecule has 1 amide bonds. The maximum atomic E-state index is 13.7. The Kier molecular flexibility index (Phi) is 5.45. The van der Waals surface area contributed by atoms with Crippen LogP contribution in [0.1, 0.15) is 6.92 Å². The van der Waals surface area contributed by atoms with Crippen LogP contribution in [0, 0.1) is 5.82 Å². The molecule has 0 fully saturated rings. The van der Waals surface area contributed by atoms with Crippen molar-refractivity contribution < 1.29 is 13.6 Å². The van der Waals surface area contributed by atoms with Gasteiger partial charge in [0.05, 0.1) is 11.3 Å². The largest absolute Gasteiger partial charge is 0.411 e. The van der Waals surface area contributed by atoms with Crippen molar-refractivity contribution in [2.75, 3.05) is 17.2 Å². The van der Waals surface area contributed by atoms with Crippen molar-refractivity contribution in [3.8, 4) is 11.5 Å². The van der Waals surface area contributed by atoms with Crippen LogP contribution in [0.3, 0.4) is 0 Å². The second-order valence-corrected chi connectivity index (χ2v) is 6.04. The van der Waals surface area contributed by atoms with Gasteiger partial charge in [-0.3, -0.25) is 4.79 Å². The van der Waals surface area contributed by atoms with E-state index in [0.29, 0.717) is 6.54 Å². The zero-order valence-electron chi connectivity index (χ0n) is 13.6. The number of halogens is 1. The van der Waals surface area contributed by atoms with Gasteiger partial charge in [0, 0.05) is 12.2 Å². The summed E-state index contributed by atoms with van der Waals surface area (Å²) in [7, 11) is 0. The molecule has 0 aliphatic rings. The van der Waals surface area contributed by atoms with Crippen LogP contribution >= 0.6 is 11.8 Å². The normalized spacial score (nSPS) is 10.6. The standard InChI is InChI=1S/C18H16FN3O2S/c1-2-22(13-8-4-3-5-9-13)16(23)12-25-18-21-20-17(24-18)14-10-6-7-11-15(14)19/h3-11H,2,12H2,1H3. The third kappa shape index (κ3) is 4.06. The van der Waals surface area contributed by atoms with Crippen LogP contribution in [-0.4, -0.2) is 28.4 Å². The number of para-hydroxylation sites is 1. The Labute approximate surface area is 148 Å². The molecule has 0 aliphatic heterocycles. The number of rotatable bonds is 6. The van der Waals surface area contributed by atoms with Crippen LogP contribution in [0.5, 0.6) is 0 Å². The smallest absolute Gasteiger partial charge is 0.277 e. The number of carbonyl (C=O) groups is 1. The van der Waals surface area contributed by atoms with E-state index in [4.69, 9.17) is 4.42 Å². The van der Waals surface area contributed by atoms with E-state index in [1.165, 1.54) is 6.07 Å². The minimum absolute atomic E-state index is 0.0654. The number of thioether (sulfide) groups is 1. The highest BCUT2D eigenvalue weighted by Crippen LogP contribution is 2.25. The first-order chi connectivity index (χ1) is 12.2. The number of aromatic nitrogens is 2. The molecule has 0 bridgehead atoms. The van der Waals surface area contributed by atoms with Crippen molar-refractivity contribution in [1.82, 2.24) is 10.2 Å². The number of amides is 1. The van der Waals surface area contributed by atoms with E-state index in [-0.39, 0.29) is 28.3 Å². The predicted molar refractivity (Wildman–Crippen MR) is 94.9 cm³/mol. The van der Waals surface area contributed by atoms with Crippen molar-refractivity contribution in [2.45, 2.75) is 12.1 Å². The molecule has 0 N–H and O–H groups in total. The fourth-order valence-electron chi connectivity index (χ4n) is 2.32. The van der Waals surface area contributed by atoms with Crippen LogP contribution in [-0.2, 0) is 4.79 Å².